The molecule has 0 bridgehead atoms. The van der Waals surface area contributed by atoms with E-state index in [1.807, 2.05) is 0 Å². The molecule has 1 aromatic heterocycles. The van der Waals surface area contributed by atoms with Gasteiger partial charge in [0.15, 0.2) is 24.3 Å². The van der Waals surface area contributed by atoms with Gasteiger partial charge < -0.3 is 20.5 Å². The van der Waals surface area contributed by atoms with Crippen LogP contribution in [-0.4, -0.2) is 47.5 Å². The molecule has 35 heavy (non-hydrogen) atoms. The predicted molar refractivity (Wildman–Crippen MR) is 110 cm³/mol. The first-order chi connectivity index (χ1) is 16.5. The summed E-state index contributed by atoms with van der Waals surface area (Å²) in [5.41, 5.74) is 1.20. The van der Waals surface area contributed by atoms with Gasteiger partial charge >= 0.3 is 6.18 Å². The zero-order valence-corrected chi connectivity index (χ0v) is 17.9. The molecule has 3 N–H and O–H groups in total. The number of nitrogens with one attached hydrogen (secondary N) is 1. The van der Waals surface area contributed by atoms with Crippen LogP contribution in [0.4, 0.5) is 32.0 Å². The van der Waals surface area contributed by atoms with Gasteiger partial charge in [0.2, 0.25) is 5.88 Å². The van der Waals surface area contributed by atoms with Crippen molar-refractivity contribution in [3.63, 3.8) is 0 Å². The first-order valence-corrected chi connectivity index (χ1v) is 9.79. The third kappa shape index (κ3) is 5.73. The lowest BCUT2D eigenvalue weighted by Crippen LogP contribution is -2.48. The number of aliphatic imine (C=N–C) groups is 1. The highest BCUT2D eigenvalue weighted by Crippen LogP contribution is 2.42. The number of nitrogens with two attached hydrogens (primary N) is 1. The van der Waals surface area contributed by atoms with Gasteiger partial charge in [0.1, 0.15) is 17.9 Å². The Kier molecular flexibility index (Phi) is 7.37. The molecule has 2 atom stereocenters. The zero-order chi connectivity index (χ0) is 25.8. The lowest BCUT2D eigenvalue weighted by Gasteiger charge is -2.36. The maximum atomic E-state index is 14.6. The normalized spacial score (nSPS) is 19.6. The second kappa shape index (κ2) is 10.1. The number of benzene rings is 1. The van der Waals surface area contributed by atoms with Crippen LogP contribution in [0.2, 0.25) is 0 Å². The number of carbonyl (C=O) groups excluding carboxylic acids is 1. The van der Waals surface area contributed by atoms with Crippen molar-refractivity contribution >= 4 is 17.6 Å². The average Bonchev–Trinajstić information content (AvgIpc) is 2.80. The van der Waals surface area contributed by atoms with Crippen LogP contribution in [0, 0.1) is 23.5 Å². The number of rotatable bonds is 6. The molecule has 2 aromatic rings. The first-order valence-electron chi connectivity index (χ1n) is 9.79. The van der Waals surface area contributed by atoms with Gasteiger partial charge in [0, 0.05) is 23.7 Å². The minimum atomic E-state index is -4.99. The summed E-state index contributed by atoms with van der Waals surface area (Å²) in [7, 11) is 0. The molecular weight excluding hydrogens is 484 g/mol. The van der Waals surface area contributed by atoms with E-state index in [4.69, 9.17) is 10.5 Å². The van der Waals surface area contributed by atoms with Crippen molar-refractivity contribution in [2.45, 2.75) is 31.2 Å². The molecule has 0 radical (unpaired) electrons. The van der Waals surface area contributed by atoms with E-state index in [-0.39, 0.29) is 18.2 Å². The first kappa shape index (κ1) is 25.6. The SMILES string of the molecule is CC#CCOc1cnc(C(=O)Nc2cc(F)c(F)c(C3(CF)CC(C(F)(F)F)OC(N)=N3)c2)cn1. The highest BCUT2D eigenvalue weighted by atomic mass is 19.4. The van der Waals surface area contributed by atoms with E-state index in [1.54, 1.807) is 6.92 Å². The fraction of sp³-hybridized carbons (Fsp3) is 0.333. The van der Waals surface area contributed by atoms with Crippen LogP contribution in [-0.2, 0) is 10.3 Å². The number of nitrogens with zero attached hydrogens (tertiary/aromatic N) is 3. The number of ether oxygens (including phenoxy) is 2. The molecule has 0 saturated heterocycles. The molecule has 0 fully saturated rings. The zero-order valence-electron chi connectivity index (χ0n) is 17.9. The third-order valence-electron chi connectivity index (χ3n) is 4.81. The predicted octanol–water partition coefficient (Wildman–Crippen LogP) is 3.24. The smallest absolute Gasteiger partial charge is 0.425 e. The standard InChI is InChI=1S/C21H17F6N5O3/c1-2-3-4-34-16-9-29-14(8-30-16)18(33)31-11-5-12(17(24)13(23)6-11)20(10-22)7-15(21(25,26)27)35-19(28)32-20/h5-6,8-9,15H,4,7,10H2,1H3,(H2,28,32)(H,31,33). The van der Waals surface area contributed by atoms with Gasteiger partial charge in [-0.05, 0) is 13.0 Å². The highest BCUT2D eigenvalue weighted by molar-refractivity contribution is 6.02. The van der Waals surface area contributed by atoms with E-state index in [0.717, 1.165) is 18.5 Å². The molecule has 3 rings (SSSR count). The minimum absolute atomic E-state index is 0.0396. The Hall–Kier alpha value is -4.02. The fourth-order valence-corrected chi connectivity index (χ4v) is 3.17. The van der Waals surface area contributed by atoms with Crippen molar-refractivity contribution in [2.75, 3.05) is 18.6 Å². The Balaban J connectivity index is 1.90. The molecular formula is C21H17F6N5O3. The van der Waals surface area contributed by atoms with Crippen LogP contribution in [0.3, 0.4) is 0 Å². The number of amidine groups is 1. The van der Waals surface area contributed by atoms with Crippen molar-refractivity contribution in [3.05, 3.63) is 47.4 Å². The molecule has 1 aliphatic rings. The van der Waals surface area contributed by atoms with Crippen LogP contribution < -0.4 is 15.8 Å². The number of hydrogen-bond donors (Lipinski definition) is 2. The van der Waals surface area contributed by atoms with Crippen LogP contribution in [0.25, 0.3) is 0 Å². The Morgan fingerprint density at radius 1 is 1.31 bits per heavy atom. The van der Waals surface area contributed by atoms with E-state index in [2.05, 4.69) is 36.9 Å². The summed E-state index contributed by atoms with van der Waals surface area (Å²) in [6, 6.07) is 0.276. The van der Waals surface area contributed by atoms with Crippen LogP contribution in [0.15, 0.2) is 29.5 Å². The summed E-state index contributed by atoms with van der Waals surface area (Å²) in [6.07, 6.45) is -6.66. The number of carbonyl (C=O) groups is 1. The maximum absolute atomic E-state index is 14.6. The van der Waals surface area contributed by atoms with Crippen molar-refractivity contribution in [1.29, 1.82) is 0 Å². The lowest BCUT2D eigenvalue weighted by atomic mass is 9.84. The van der Waals surface area contributed by atoms with Gasteiger partial charge in [-0.3, -0.25) is 4.79 Å². The Morgan fingerprint density at radius 3 is 2.66 bits per heavy atom. The van der Waals surface area contributed by atoms with E-state index in [9.17, 15) is 31.1 Å². The van der Waals surface area contributed by atoms with Gasteiger partial charge in [-0.2, -0.15) is 13.2 Å². The maximum Gasteiger partial charge on any atom is 0.425 e. The molecule has 2 unspecified atom stereocenters. The van der Waals surface area contributed by atoms with Crippen molar-refractivity contribution < 1.29 is 40.6 Å². The van der Waals surface area contributed by atoms with Crippen LogP contribution in [0.1, 0.15) is 29.4 Å². The molecule has 186 valence electrons. The van der Waals surface area contributed by atoms with Crippen molar-refractivity contribution in [1.82, 2.24) is 9.97 Å². The number of aromatic nitrogens is 2. The summed E-state index contributed by atoms with van der Waals surface area (Å²) < 4.78 is 92.3. The quantitative estimate of drug-likeness (QED) is 0.465. The topological polar surface area (TPSA) is 112 Å². The molecule has 0 aliphatic carbocycles. The van der Waals surface area contributed by atoms with Gasteiger partial charge in [-0.1, -0.05) is 5.92 Å². The minimum Gasteiger partial charge on any atom is -0.463 e. The molecule has 1 amide bonds. The molecule has 2 heterocycles. The third-order valence-corrected chi connectivity index (χ3v) is 4.81. The van der Waals surface area contributed by atoms with Gasteiger partial charge in [0.05, 0.1) is 12.4 Å². The monoisotopic (exact) mass is 501 g/mol. The summed E-state index contributed by atoms with van der Waals surface area (Å²) >= 11 is 0. The molecule has 0 saturated carbocycles. The largest absolute Gasteiger partial charge is 0.463 e. The second-order valence-corrected chi connectivity index (χ2v) is 7.20. The second-order valence-electron chi connectivity index (χ2n) is 7.20. The summed E-state index contributed by atoms with van der Waals surface area (Å²) in [5, 5.41) is 2.20. The summed E-state index contributed by atoms with van der Waals surface area (Å²) in [4.78, 5) is 23.7. The fourth-order valence-electron chi connectivity index (χ4n) is 3.17. The van der Waals surface area contributed by atoms with E-state index in [0.29, 0.717) is 6.07 Å². The number of alkyl halides is 4. The van der Waals surface area contributed by atoms with E-state index < -0.39 is 65.7 Å². The molecule has 8 nitrogen and oxygen atoms in total. The molecule has 14 heteroatoms. The molecule has 1 aliphatic heterocycles. The number of halogens is 6. The Morgan fingerprint density at radius 2 is 2.06 bits per heavy atom. The number of amides is 1. The Labute approximate surface area is 194 Å². The van der Waals surface area contributed by atoms with Crippen LogP contribution in [0.5, 0.6) is 5.88 Å². The van der Waals surface area contributed by atoms with Crippen molar-refractivity contribution in [3.8, 4) is 17.7 Å². The number of anilines is 1. The van der Waals surface area contributed by atoms with Gasteiger partial charge in [-0.15, -0.1) is 5.92 Å². The average molecular weight is 501 g/mol. The van der Waals surface area contributed by atoms with Gasteiger partial charge in [0.25, 0.3) is 11.9 Å². The van der Waals surface area contributed by atoms with Crippen molar-refractivity contribution in [2.24, 2.45) is 10.7 Å². The van der Waals surface area contributed by atoms with Gasteiger partial charge in [-0.25, -0.2) is 28.1 Å². The Bertz CT molecular complexity index is 1190. The van der Waals surface area contributed by atoms with E-state index >= 15 is 0 Å². The lowest BCUT2D eigenvalue weighted by molar-refractivity contribution is -0.209. The number of hydrogen-bond acceptors (Lipinski definition) is 7. The summed E-state index contributed by atoms with van der Waals surface area (Å²) in [5.74, 6) is 1.16. The van der Waals surface area contributed by atoms with Crippen LogP contribution >= 0.6 is 0 Å². The van der Waals surface area contributed by atoms with E-state index in [1.165, 1.54) is 0 Å². The highest BCUT2D eigenvalue weighted by Gasteiger charge is 2.52. The summed E-state index contributed by atoms with van der Waals surface area (Å²) in [6.45, 7) is -0.00969. The molecule has 1 aromatic carbocycles. The molecule has 0 spiro atoms.